The Morgan fingerprint density at radius 2 is 2.13 bits per heavy atom. The van der Waals surface area contributed by atoms with E-state index in [0.717, 1.165) is 12.8 Å². The van der Waals surface area contributed by atoms with Crippen LogP contribution in [0.2, 0.25) is 0 Å². The van der Waals surface area contributed by atoms with Crippen LogP contribution >= 0.6 is 0 Å². The smallest absolute Gasteiger partial charge is 0.147 e. The van der Waals surface area contributed by atoms with Gasteiger partial charge in [0.25, 0.3) is 0 Å². The third-order valence-corrected chi connectivity index (χ3v) is 3.68. The number of aromatic nitrogens is 1. The highest BCUT2D eigenvalue weighted by molar-refractivity contribution is 5.25. The minimum absolute atomic E-state index is 0.269. The monoisotopic (exact) mass is 209 g/mol. The van der Waals surface area contributed by atoms with Gasteiger partial charge in [-0.3, -0.25) is 4.98 Å². The summed E-state index contributed by atoms with van der Waals surface area (Å²) >= 11 is 0. The summed E-state index contributed by atoms with van der Waals surface area (Å²) in [7, 11) is 0. The molecule has 1 aliphatic carbocycles. The summed E-state index contributed by atoms with van der Waals surface area (Å²) < 4.78 is 13.6. The van der Waals surface area contributed by atoms with E-state index < -0.39 is 11.4 Å². The molecule has 1 atom stereocenters. The quantitative estimate of drug-likeness (QED) is 0.771. The number of halogens is 1. The Kier molecular flexibility index (Phi) is 2.30. The molecule has 0 bridgehead atoms. The lowest BCUT2D eigenvalue weighted by Gasteiger charge is -2.37. The van der Waals surface area contributed by atoms with E-state index in [9.17, 15) is 9.50 Å². The molecule has 0 aromatic carbocycles. The number of hydrogen-bond donors (Lipinski definition) is 1. The molecule has 2 nitrogen and oxygen atoms in total. The van der Waals surface area contributed by atoms with Crippen LogP contribution in [-0.4, -0.2) is 10.1 Å². The fourth-order valence-electron chi connectivity index (χ4n) is 2.54. The van der Waals surface area contributed by atoms with Gasteiger partial charge in [0.15, 0.2) is 0 Å². The molecule has 1 unspecified atom stereocenters. The van der Waals surface area contributed by atoms with E-state index in [1.807, 2.05) is 13.8 Å². The SMILES string of the molecule is CC1(C)CCCC1(O)c1ccncc1F. The van der Waals surface area contributed by atoms with Crippen LogP contribution in [-0.2, 0) is 5.60 Å². The van der Waals surface area contributed by atoms with Crippen LogP contribution in [0.25, 0.3) is 0 Å². The van der Waals surface area contributed by atoms with Crippen molar-refractivity contribution >= 4 is 0 Å². The molecule has 1 saturated carbocycles. The number of hydrogen-bond acceptors (Lipinski definition) is 2. The second-order valence-corrected chi connectivity index (χ2v) is 4.95. The van der Waals surface area contributed by atoms with E-state index in [2.05, 4.69) is 4.98 Å². The first-order chi connectivity index (χ1) is 6.97. The van der Waals surface area contributed by atoms with Gasteiger partial charge in [-0.15, -0.1) is 0 Å². The Labute approximate surface area is 89.2 Å². The summed E-state index contributed by atoms with van der Waals surface area (Å²) in [6.45, 7) is 3.97. The Morgan fingerprint density at radius 3 is 2.67 bits per heavy atom. The second kappa shape index (κ2) is 3.27. The van der Waals surface area contributed by atoms with Crippen LogP contribution in [0.4, 0.5) is 4.39 Å². The molecule has 0 amide bonds. The van der Waals surface area contributed by atoms with Gasteiger partial charge in [-0.25, -0.2) is 4.39 Å². The fourth-order valence-corrected chi connectivity index (χ4v) is 2.54. The molecule has 0 aliphatic heterocycles. The average molecular weight is 209 g/mol. The lowest BCUT2D eigenvalue weighted by atomic mass is 9.73. The standard InChI is InChI=1S/C12H16FNO/c1-11(2)5-3-6-12(11,15)9-4-7-14-8-10(9)13/h4,7-8,15H,3,5-6H2,1-2H3. The van der Waals surface area contributed by atoms with Gasteiger partial charge in [0.05, 0.1) is 11.8 Å². The van der Waals surface area contributed by atoms with E-state index in [0.29, 0.717) is 12.0 Å². The molecule has 1 aliphatic rings. The maximum atomic E-state index is 13.6. The summed E-state index contributed by atoms with van der Waals surface area (Å²) in [6.07, 6.45) is 5.18. The summed E-state index contributed by atoms with van der Waals surface area (Å²) in [5, 5.41) is 10.6. The van der Waals surface area contributed by atoms with Crippen molar-refractivity contribution in [1.82, 2.24) is 4.98 Å². The number of pyridine rings is 1. The number of nitrogens with zero attached hydrogens (tertiary/aromatic N) is 1. The highest BCUT2D eigenvalue weighted by Gasteiger charge is 2.49. The molecule has 1 fully saturated rings. The van der Waals surface area contributed by atoms with Crippen molar-refractivity contribution in [2.45, 2.75) is 38.7 Å². The predicted molar refractivity (Wildman–Crippen MR) is 55.7 cm³/mol. The molecule has 1 N–H and O–H groups in total. The molecule has 0 spiro atoms. The molecular weight excluding hydrogens is 193 g/mol. The van der Waals surface area contributed by atoms with Crippen molar-refractivity contribution in [3.8, 4) is 0 Å². The van der Waals surface area contributed by atoms with E-state index in [1.54, 1.807) is 6.07 Å². The minimum atomic E-state index is -1.04. The zero-order valence-corrected chi connectivity index (χ0v) is 9.13. The maximum absolute atomic E-state index is 13.6. The highest BCUT2D eigenvalue weighted by atomic mass is 19.1. The first-order valence-electron chi connectivity index (χ1n) is 5.30. The van der Waals surface area contributed by atoms with Crippen LogP contribution in [0.15, 0.2) is 18.5 Å². The van der Waals surface area contributed by atoms with E-state index >= 15 is 0 Å². The minimum Gasteiger partial charge on any atom is -0.384 e. The first-order valence-corrected chi connectivity index (χ1v) is 5.30. The van der Waals surface area contributed by atoms with E-state index in [1.165, 1.54) is 12.4 Å². The lowest BCUT2D eigenvalue weighted by molar-refractivity contribution is -0.0513. The van der Waals surface area contributed by atoms with Gasteiger partial charge in [-0.2, -0.15) is 0 Å². The van der Waals surface area contributed by atoms with Gasteiger partial charge < -0.3 is 5.11 Å². The molecule has 0 saturated heterocycles. The average Bonchev–Trinajstić information content (AvgIpc) is 2.43. The van der Waals surface area contributed by atoms with Crippen LogP contribution in [0, 0.1) is 11.2 Å². The van der Waals surface area contributed by atoms with E-state index in [-0.39, 0.29) is 5.41 Å². The predicted octanol–water partition coefficient (Wildman–Crippen LogP) is 2.62. The zero-order valence-electron chi connectivity index (χ0n) is 9.13. The molecule has 1 aromatic rings. The van der Waals surface area contributed by atoms with Crippen molar-refractivity contribution in [2.24, 2.45) is 5.41 Å². The summed E-state index contributed by atoms with van der Waals surface area (Å²) in [4.78, 5) is 3.71. The lowest BCUT2D eigenvalue weighted by Crippen LogP contribution is -2.37. The highest BCUT2D eigenvalue weighted by Crippen LogP contribution is 2.52. The van der Waals surface area contributed by atoms with Crippen molar-refractivity contribution < 1.29 is 9.50 Å². The van der Waals surface area contributed by atoms with Gasteiger partial charge in [-0.05, 0) is 30.7 Å². The molecule has 15 heavy (non-hydrogen) atoms. The van der Waals surface area contributed by atoms with Crippen molar-refractivity contribution in [2.75, 3.05) is 0 Å². The molecule has 2 rings (SSSR count). The van der Waals surface area contributed by atoms with Gasteiger partial charge in [0.1, 0.15) is 5.82 Å². The molecule has 3 heteroatoms. The van der Waals surface area contributed by atoms with Gasteiger partial charge in [0.2, 0.25) is 0 Å². The molecular formula is C12H16FNO. The normalized spacial score (nSPS) is 29.3. The first kappa shape index (κ1) is 10.6. The van der Waals surface area contributed by atoms with Crippen LogP contribution < -0.4 is 0 Å². The third kappa shape index (κ3) is 1.46. The Morgan fingerprint density at radius 1 is 1.40 bits per heavy atom. The molecule has 0 radical (unpaired) electrons. The van der Waals surface area contributed by atoms with E-state index in [4.69, 9.17) is 0 Å². The molecule has 1 heterocycles. The van der Waals surface area contributed by atoms with Crippen LogP contribution in [0.1, 0.15) is 38.7 Å². The Bertz CT molecular complexity index is 378. The number of rotatable bonds is 1. The Hall–Kier alpha value is -0.960. The largest absolute Gasteiger partial charge is 0.384 e. The summed E-state index contributed by atoms with van der Waals surface area (Å²) in [5.74, 6) is -0.407. The van der Waals surface area contributed by atoms with Gasteiger partial charge in [-0.1, -0.05) is 13.8 Å². The molecule has 82 valence electrons. The van der Waals surface area contributed by atoms with Crippen molar-refractivity contribution in [3.63, 3.8) is 0 Å². The topological polar surface area (TPSA) is 33.1 Å². The number of aliphatic hydroxyl groups is 1. The second-order valence-electron chi connectivity index (χ2n) is 4.95. The van der Waals surface area contributed by atoms with Gasteiger partial charge >= 0.3 is 0 Å². The molecule has 1 aromatic heterocycles. The van der Waals surface area contributed by atoms with Crippen LogP contribution in [0.5, 0.6) is 0 Å². The third-order valence-electron chi connectivity index (χ3n) is 3.68. The summed E-state index contributed by atoms with van der Waals surface area (Å²) in [5.41, 5.74) is -0.921. The maximum Gasteiger partial charge on any atom is 0.147 e. The van der Waals surface area contributed by atoms with Crippen molar-refractivity contribution in [1.29, 1.82) is 0 Å². The van der Waals surface area contributed by atoms with Gasteiger partial charge in [0, 0.05) is 11.8 Å². The van der Waals surface area contributed by atoms with Crippen molar-refractivity contribution in [3.05, 3.63) is 29.8 Å². The fraction of sp³-hybridized carbons (Fsp3) is 0.583. The zero-order chi connectivity index (χ0) is 11.1. The summed E-state index contributed by atoms with van der Waals surface area (Å²) in [6, 6.07) is 1.59. The van der Waals surface area contributed by atoms with Crippen LogP contribution in [0.3, 0.4) is 0 Å². The Balaban J connectivity index is 2.50.